The Bertz CT molecular complexity index is 620. The predicted octanol–water partition coefficient (Wildman–Crippen LogP) is 1.07. The molecule has 0 saturated heterocycles. The lowest BCUT2D eigenvalue weighted by atomic mass is 10.4. The Balaban J connectivity index is 2.30. The van der Waals surface area contributed by atoms with Gasteiger partial charge in [0, 0.05) is 19.0 Å². The Kier molecular flexibility index (Phi) is 4.20. The highest BCUT2D eigenvalue weighted by Crippen LogP contribution is 2.24. The molecule has 7 nitrogen and oxygen atoms in total. The molecule has 0 aliphatic heterocycles. The quantitative estimate of drug-likeness (QED) is 0.794. The molecule has 0 aromatic carbocycles. The zero-order valence-corrected chi connectivity index (χ0v) is 11.7. The number of hydrogen-bond acceptors (Lipinski definition) is 6. The van der Waals surface area contributed by atoms with Crippen LogP contribution in [0, 0.1) is 0 Å². The van der Waals surface area contributed by atoms with Crippen molar-refractivity contribution in [3.63, 3.8) is 0 Å². The molecule has 102 valence electrons. The summed E-state index contributed by atoms with van der Waals surface area (Å²) in [6, 6.07) is 1.68. The van der Waals surface area contributed by atoms with Gasteiger partial charge in [-0.15, -0.1) is 5.10 Å². The van der Waals surface area contributed by atoms with Crippen LogP contribution < -0.4 is 11.4 Å². The lowest BCUT2D eigenvalue weighted by molar-refractivity contribution is 0.603. The highest BCUT2D eigenvalue weighted by Gasteiger charge is 2.11. The van der Waals surface area contributed by atoms with Crippen LogP contribution in [0.15, 0.2) is 21.0 Å². The van der Waals surface area contributed by atoms with Crippen molar-refractivity contribution in [1.29, 1.82) is 0 Å². The van der Waals surface area contributed by atoms with Gasteiger partial charge >= 0.3 is 5.69 Å². The highest BCUT2D eigenvalue weighted by molar-refractivity contribution is 7.99. The first-order valence-electron chi connectivity index (χ1n) is 6.10. The van der Waals surface area contributed by atoms with Crippen molar-refractivity contribution in [3.8, 4) is 0 Å². The Hall–Kier alpha value is -1.83. The minimum Gasteiger partial charge on any atom is -0.384 e. The van der Waals surface area contributed by atoms with Gasteiger partial charge < -0.3 is 5.73 Å². The van der Waals surface area contributed by atoms with Crippen LogP contribution >= 0.6 is 11.8 Å². The van der Waals surface area contributed by atoms with Crippen LogP contribution in [-0.2, 0) is 13.0 Å². The van der Waals surface area contributed by atoms with Gasteiger partial charge in [0.25, 0.3) is 0 Å². The standard InChI is InChI=1S/C11H16N6OS/c1-3-5-17-10(18)15-16-11(17)19-9-6-7(12)13-8(4-2)14-9/h6H,3-5H2,1-2H3,(H,15,18)(H2,12,13,14). The molecule has 0 atom stereocenters. The van der Waals surface area contributed by atoms with Crippen LogP contribution in [0.4, 0.5) is 5.82 Å². The van der Waals surface area contributed by atoms with Crippen LogP contribution in [0.5, 0.6) is 0 Å². The number of aromatic nitrogens is 5. The summed E-state index contributed by atoms with van der Waals surface area (Å²) in [5.74, 6) is 1.11. The number of nitrogens with two attached hydrogens (primary N) is 1. The van der Waals surface area contributed by atoms with Crippen molar-refractivity contribution in [2.24, 2.45) is 0 Å². The number of aromatic amines is 1. The average molecular weight is 280 g/mol. The van der Waals surface area contributed by atoms with Gasteiger partial charge in [0.2, 0.25) is 0 Å². The van der Waals surface area contributed by atoms with E-state index in [-0.39, 0.29) is 5.69 Å². The molecule has 2 rings (SSSR count). The number of nitrogens with zero attached hydrogens (tertiary/aromatic N) is 4. The van der Waals surface area contributed by atoms with Gasteiger partial charge in [0.1, 0.15) is 16.7 Å². The minimum atomic E-state index is -0.206. The second-order valence-corrected chi connectivity index (χ2v) is 4.95. The third-order valence-corrected chi connectivity index (χ3v) is 3.36. The van der Waals surface area contributed by atoms with Gasteiger partial charge in [-0.05, 0) is 18.2 Å². The van der Waals surface area contributed by atoms with Crippen LogP contribution in [0.25, 0.3) is 0 Å². The van der Waals surface area contributed by atoms with Crippen molar-refractivity contribution in [2.75, 3.05) is 5.73 Å². The summed E-state index contributed by atoms with van der Waals surface area (Å²) >= 11 is 1.31. The molecular weight excluding hydrogens is 264 g/mol. The van der Waals surface area contributed by atoms with Crippen molar-refractivity contribution in [3.05, 3.63) is 22.4 Å². The van der Waals surface area contributed by atoms with E-state index in [0.29, 0.717) is 34.8 Å². The van der Waals surface area contributed by atoms with Crippen molar-refractivity contribution >= 4 is 17.6 Å². The van der Waals surface area contributed by atoms with Gasteiger partial charge in [-0.2, -0.15) is 0 Å². The summed E-state index contributed by atoms with van der Waals surface area (Å²) in [6.07, 6.45) is 1.57. The normalized spacial score (nSPS) is 10.8. The molecule has 0 aliphatic rings. The maximum atomic E-state index is 11.6. The highest BCUT2D eigenvalue weighted by atomic mass is 32.2. The van der Waals surface area contributed by atoms with E-state index < -0.39 is 0 Å². The molecule has 0 fully saturated rings. The lowest BCUT2D eigenvalue weighted by Crippen LogP contribution is -2.17. The van der Waals surface area contributed by atoms with E-state index in [4.69, 9.17) is 5.73 Å². The zero-order chi connectivity index (χ0) is 13.8. The zero-order valence-electron chi connectivity index (χ0n) is 10.9. The smallest absolute Gasteiger partial charge is 0.343 e. The fourth-order valence-electron chi connectivity index (χ4n) is 1.60. The predicted molar refractivity (Wildman–Crippen MR) is 73.1 cm³/mol. The number of anilines is 1. The minimum absolute atomic E-state index is 0.206. The fraction of sp³-hybridized carbons (Fsp3) is 0.455. The summed E-state index contributed by atoms with van der Waals surface area (Å²) in [5, 5.41) is 7.73. The molecule has 0 amide bonds. The van der Waals surface area contributed by atoms with E-state index in [9.17, 15) is 4.79 Å². The number of aryl methyl sites for hydroxylation is 1. The van der Waals surface area contributed by atoms with Crippen molar-refractivity contribution < 1.29 is 0 Å². The van der Waals surface area contributed by atoms with Crippen LogP contribution in [0.3, 0.4) is 0 Å². The van der Waals surface area contributed by atoms with Gasteiger partial charge in [-0.25, -0.2) is 19.9 Å². The number of hydrogen-bond donors (Lipinski definition) is 2. The first kappa shape index (κ1) is 13.6. The van der Waals surface area contributed by atoms with E-state index >= 15 is 0 Å². The number of nitrogen functional groups attached to an aromatic ring is 1. The molecule has 2 aromatic rings. The molecule has 19 heavy (non-hydrogen) atoms. The van der Waals surface area contributed by atoms with Crippen LogP contribution in [-0.4, -0.2) is 24.7 Å². The molecule has 0 radical (unpaired) electrons. The number of H-pyrrole nitrogens is 1. The summed E-state index contributed by atoms with van der Waals surface area (Å²) in [5.41, 5.74) is 5.52. The molecule has 2 aromatic heterocycles. The summed E-state index contributed by atoms with van der Waals surface area (Å²) in [4.78, 5) is 20.1. The monoisotopic (exact) mass is 280 g/mol. The lowest BCUT2D eigenvalue weighted by Gasteiger charge is -2.05. The Morgan fingerprint density at radius 2 is 2.21 bits per heavy atom. The average Bonchev–Trinajstić information content (AvgIpc) is 2.71. The van der Waals surface area contributed by atoms with E-state index in [2.05, 4.69) is 20.2 Å². The molecule has 8 heteroatoms. The second kappa shape index (κ2) is 5.87. The molecule has 3 N–H and O–H groups in total. The maximum absolute atomic E-state index is 11.6. The summed E-state index contributed by atoms with van der Waals surface area (Å²) < 4.78 is 1.59. The van der Waals surface area contributed by atoms with Gasteiger partial charge in [0.05, 0.1) is 0 Å². The van der Waals surface area contributed by atoms with E-state index in [0.717, 1.165) is 6.42 Å². The number of rotatable bonds is 5. The Morgan fingerprint density at radius 3 is 2.89 bits per heavy atom. The Morgan fingerprint density at radius 1 is 1.42 bits per heavy atom. The SMILES string of the molecule is CCCn1c(Sc2cc(N)nc(CC)n2)n[nH]c1=O. The molecule has 2 heterocycles. The third-order valence-electron chi connectivity index (χ3n) is 2.45. The first-order chi connectivity index (χ1) is 9.13. The largest absolute Gasteiger partial charge is 0.384 e. The maximum Gasteiger partial charge on any atom is 0.343 e. The number of nitrogens with one attached hydrogen (secondary N) is 1. The molecule has 0 unspecified atom stereocenters. The van der Waals surface area contributed by atoms with E-state index in [1.165, 1.54) is 11.8 Å². The molecule has 0 bridgehead atoms. The second-order valence-electron chi connectivity index (χ2n) is 3.97. The van der Waals surface area contributed by atoms with Gasteiger partial charge in [-0.3, -0.25) is 4.57 Å². The topological polar surface area (TPSA) is 102 Å². The van der Waals surface area contributed by atoms with Gasteiger partial charge in [-0.1, -0.05) is 13.8 Å². The third kappa shape index (κ3) is 3.14. The van der Waals surface area contributed by atoms with Gasteiger partial charge in [0.15, 0.2) is 5.16 Å². The summed E-state index contributed by atoms with van der Waals surface area (Å²) in [6.45, 7) is 4.59. The Labute approximate surface area is 114 Å². The van der Waals surface area contributed by atoms with Crippen molar-refractivity contribution in [2.45, 2.75) is 43.4 Å². The molecular formula is C11H16N6OS. The van der Waals surface area contributed by atoms with Crippen LogP contribution in [0.1, 0.15) is 26.1 Å². The first-order valence-corrected chi connectivity index (χ1v) is 6.92. The van der Waals surface area contributed by atoms with E-state index in [1.807, 2.05) is 13.8 Å². The van der Waals surface area contributed by atoms with E-state index in [1.54, 1.807) is 10.6 Å². The summed E-state index contributed by atoms with van der Waals surface area (Å²) in [7, 11) is 0. The molecule has 0 spiro atoms. The van der Waals surface area contributed by atoms with Crippen molar-refractivity contribution in [1.82, 2.24) is 24.7 Å². The fourth-order valence-corrected chi connectivity index (χ4v) is 2.49. The molecule has 0 saturated carbocycles. The molecule has 0 aliphatic carbocycles. The van der Waals surface area contributed by atoms with Crippen LogP contribution in [0.2, 0.25) is 0 Å².